The first kappa shape index (κ1) is 27.9. The molecule has 0 radical (unpaired) electrons. The molecule has 3 unspecified atom stereocenters. The zero-order valence-corrected chi connectivity index (χ0v) is 23.2. The topological polar surface area (TPSA) is 117 Å². The molecule has 10 heteroatoms. The molecule has 1 aromatic rings. The molecule has 3 fully saturated rings. The highest BCUT2D eigenvalue weighted by Gasteiger charge is 2.76. The summed E-state index contributed by atoms with van der Waals surface area (Å²) in [6.45, 7) is 5.51. The third-order valence-electron chi connectivity index (χ3n) is 7.66. The highest BCUT2D eigenvalue weighted by Crippen LogP contribution is 2.60. The van der Waals surface area contributed by atoms with Gasteiger partial charge >= 0.3 is 0 Å². The van der Waals surface area contributed by atoms with Crippen molar-refractivity contribution in [2.75, 3.05) is 31.6 Å². The summed E-state index contributed by atoms with van der Waals surface area (Å²) < 4.78 is 12.0. The lowest BCUT2D eigenvalue weighted by molar-refractivity contribution is -0.141. The van der Waals surface area contributed by atoms with E-state index in [9.17, 15) is 14.4 Å². The van der Waals surface area contributed by atoms with Gasteiger partial charge in [-0.1, -0.05) is 29.3 Å². The van der Waals surface area contributed by atoms with Crippen molar-refractivity contribution in [3.63, 3.8) is 0 Å². The van der Waals surface area contributed by atoms with E-state index in [-0.39, 0.29) is 29.2 Å². The molecule has 3 heterocycles. The summed E-state index contributed by atoms with van der Waals surface area (Å²) in [5.74, 6) is -1.44. The van der Waals surface area contributed by atoms with Crippen LogP contribution in [0.5, 0.6) is 5.75 Å². The standard InChI is InChI=1S/C27H38BrN3O6/c1-3-5-13-29-25(34)23-27-16-19(28)22(37-27)20(21(27)26(35)31(23)14-7-6-8-15-32)24(33)30-17-9-11-18(12-10-17)36-4-2/h9-12,19-23,32H,3-8,13-16H2,1-2H3,(H,29,34)(H,30,33)/t19?,20-,21+,22-,23?,27?/m1/s1. The van der Waals surface area contributed by atoms with Gasteiger partial charge < -0.3 is 30.1 Å². The van der Waals surface area contributed by atoms with Crippen LogP contribution in [0.1, 0.15) is 52.4 Å². The fourth-order valence-corrected chi connectivity index (χ4v) is 7.00. The van der Waals surface area contributed by atoms with Gasteiger partial charge in [0.1, 0.15) is 17.4 Å². The second-order valence-corrected chi connectivity index (χ2v) is 11.2. The van der Waals surface area contributed by atoms with E-state index in [4.69, 9.17) is 14.6 Å². The van der Waals surface area contributed by atoms with Crippen molar-refractivity contribution in [3.05, 3.63) is 24.3 Å². The number of carbonyl (C=O) groups is 3. The highest BCUT2D eigenvalue weighted by atomic mass is 79.9. The Morgan fingerprint density at radius 3 is 2.59 bits per heavy atom. The van der Waals surface area contributed by atoms with E-state index >= 15 is 0 Å². The van der Waals surface area contributed by atoms with E-state index in [0.29, 0.717) is 50.4 Å². The number of aliphatic hydroxyl groups is 1. The number of hydrogen-bond donors (Lipinski definition) is 3. The zero-order chi connectivity index (χ0) is 26.6. The predicted molar refractivity (Wildman–Crippen MR) is 143 cm³/mol. The predicted octanol–water partition coefficient (Wildman–Crippen LogP) is 2.85. The van der Waals surface area contributed by atoms with Crippen LogP contribution >= 0.6 is 15.9 Å². The van der Waals surface area contributed by atoms with Crippen LogP contribution in [-0.4, -0.2) is 76.6 Å². The van der Waals surface area contributed by atoms with E-state index in [1.807, 2.05) is 6.92 Å². The molecule has 3 N–H and O–H groups in total. The number of unbranched alkanes of at least 4 members (excludes halogenated alkanes) is 3. The second kappa shape index (κ2) is 12.1. The number of rotatable bonds is 13. The zero-order valence-electron chi connectivity index (χ0n) is 21.6. The lowest BCUT2D eigenvalue weighted by Crippen LogP contribution is -2.56. The number of likely N-dealkylation sites (tertiary alicyclic amines) is 1. The minimum atomic E-state index is -1.05. The maximum absolute atomic E-state index is 13.9. The van der Waals surface area contributed by atoms with Crippen molar-refractivity contribution in [1.29, 1.82) is 0 Å². The van der Waals surface area contributed by atoms with Crippen molar-refractivity contribution in [1.82, 2.24) is 10.2 Å². The molecule has 37 heavy (non-hydrogen) atoms. The van der Waals surface area contributed by atoms with Crippen LogP contribution in [0.2, 0.25) is 0 Å². The molecule has 9 nitrogen and oxygen atoms in total. The molecule has 0 saturated carbocycles. The number of alkyl halides is 1. The van der Waals surface area contributed by atoms with E-state index in [1.165, 1.54) is 0 Å². The first-order chi connectivity index (χ1) is 17.9. The molecule has 2 bridgehead atoms. The van der Waals surface area contributed by atoms with E-state index in [2.05, 4.69) is 33.5 Å². The lowest BCUT2D eigenvalue weighted by atomic mass is 9.70. The molecule has 1 aromatic carbocycles. The van der Waals surface area contributed by atoms with Crippen molar-refractivity contribution < 1.29 is 29.0 Å². The Kier molecular flexibility index (Phi) is 9.13. The van der Waals surface area contributed by atoms with E-state index in [0.717, 1.165) is 19.3 Å². The van der Waals surface area contributed by atoms with Crippen molar-refractivity contribution in [2.45, 2.75) is 74.9 Å². The normalized spacial score (nSPS) is 29.9. The largest absolute Gasteiger partial charge is 0.494 e. The maximum atomic E-state index is 13.9. The second-order valence-electron chi connectivity index (χ2n) is 10.1. The van der Waals surface area contributed by atoms with Crippen LogP contribution in [0.3, 0.4) is 0 Å². The number of aliphatic hydroxyl groups excluding tert-OH is 1. The molecular weight excluding hydrogens is 542 g/mol. The van der Waals surface area contributed by atoms with Gasteiger partial charge in [0.15, 0.2) is 0 Å². The number of amides is 3. The Hall–Kier alpha value is -2.17. The van der Waals surface area contributed by atoms with Crippen LogP contribution in [0.15, 0.2) is 24.3 Å². The smallest absolute Gasteiger partial charge is 0.245 e. The number of benzene rings is 1. The van der Waals surface area contributed by atoms with Crippen LogP contribution in [-0.2, 0) is 19.1 Å². The summed E-state index contributed by atoms with van der Waals surface area (Å²) in [4.78, 5) is 42.5. The fourth-order valence-electron chi connectivity index (χ4n) is 6.05. The first-order valence-corrected chi connectivity index (χ1v) is 14.3. The molecule has 3 aliphatic rings. The molecule has 3 aliphatic heterocycles. The Labute approximate surface area is 226 Å². The van der Waals surface area contributed by atoms with Crippen LogP contribution < -0.4 is 15.4 Å². The van der Waals surface area contributed by atoms with Gasteiger partial charge in [-0.25, -0.2) is 0 Å². The quantitative estimate of drug-likeness (QED) is 0.244. The Bertz CT molecular complexity index is 975. The summed E-state index contributed by atoms with van der Waals surface area (Å²) >= 11 is 3.69. The number of fused-ring (bicyclic) bond motifs is 1. The van der Waals surface area contributed by atoms with Gasteiger partial charge in [0.2, 0.25) is 17.7 Å². The first-order valence-electron chi connectivity index (χ1n) is 13.4. The van der Waals surface area contributed by atoms with Gasteiger partial charge in [-0.15, -0.1) is 0 Å². The van der Waals surface area contributed by atoms with Gasteiger partial charge in [-0.05, 0) is 63.3 Å². The highest BCUT2D eigenvalue weighted by molar-refractivity contribution is 9.09. The third-order valence-corrected chi connectivity index (χ3v) is 8.50. The number of ether oxygens (including phenoxy) is 2. The Balaban J connectivity index is 1.58. The van der Waals surface area contributed by atoms with Gasteiger partial charge in [-0.2, -0.15) is 0 Å². The van der Waals surface area contributed by atoms with Gasteiger partial charge in [-0.3, -0.25) is 14.4 Å². The van der Waals surface area contributed by atoms with Crippen LogP contribution in [0.4, 0.5) is 5.69 Å². The number of carbonyl (C=O) groups excluding carboxylic acids is 3. The molecule has 3 saturated heterocycles. The number of hydrogen-bond acceptors (Lipinski definition) is 6. The molecule has 204 valence electrons. The molecule has 0 aliphatic carbocycles. The molecular formula is C27H38BrN3O6. The number of halogens is 1. The number of anilines is 1. The molecule has 1 spiro atoms. The average Bonchev–Trinajstić information content (AvgIpc) is 3.47. The SMILES string of the molecule is CCCCNC(=O)C1N(CCCCCO)C(=O)[C@@H]2[C@@H](C(=O)Nc3ccc(OCC)cc3)[C@@H]3OC12CC3Br. The molecule has 4 rings (SSSR count). The number of nitrogens with zero attached hydrogens (tertiary/aromatic N) is 1. The van der Waals surface area contributed by atoms with Crippen molar-refractivity contribution in [3.8, 4) is 5.75 Å². The fraction of sp³-hybridized carbons (Fsp3) is 0.667. The minimum Gasteiger partial charge on any atom is -0.494 e. The number of nitrogens with one attached hydrogen (secondary N) is 2. The summed E-state index contributed by atoms with van der Waals surface area (Å²) in [6.07, 6.45) is 3.82. The van der Waals surface area contributed by atoms with Crippen molar-refractivity contribution in [2.24, 2.45) is 11.8 Å². The van der Waals surface area contributed by atoms with E-state index < -0.39 is 29.6 Å². The summed E-state index contributed by atoms with van der Waals surface area (Å²) in [5, 5.41) is 15.1. The lowest BCUT2D eigenvalue weighted by Gasteiger charge is -2.34. The van der Waals surface area contributed by atoms with Crippen molar-refractivity contribution >= 4 is 39.3 Å². The van der Waals surface area contributed by atoms with Crippen LogP contribution in [0, 0.1) is 11.8 Å². The van der Waals surface area contributed by atoms with Crippen LogP contribution in [0.25, 0.3) is 0 Å². The average molecular weight is 581 g/mol. The third kappa shape index (κ3) is 5.38. The Morgan fingerprint density at radius 2 is 1.92 bits per heavy atom. The maximum Gasteiger partial charge on any atom is 0.245 e. The molecule has 6 atom stereocenters. The molecule has 0 aromatic heterocycles. The monoisotopic (exact) mass is 579 g/mol. The summed E-state index contributed by atoms with van der Waals surface area (Å²) in [6, 6.07) is 6.33. The summed E-state index contributed by atoms with van der Waals surface area (Å²) in [7, 11) is 0. The van der Waals surface area contributed by atoms with E-state index in [1.54, 1.807) is 29.2 Å². The van der Waals surface area contributed by atoms with Gasteiger partial charge in [0.05, 0.1) is 24.5 Å². The van der Waals surface area contributed by atoms with Gasteiger partial charge in [0.25, 0.3) is 0 Å². The minimum absolute atomic E-state index is 0.0886. The Morgan fingerprint density at radius 1 is 1.16 bits per heavy atom. The van der Waals surface area contributed by atoms with Gasteiger partial charge in [0, 0.05) is 30.2 Å². The summed E-state index contributed by atoms with van der Waals surface area (Å²) in [5.41, 5.74) is -0.444. The molecule has 3 amide bonds.